The molecule has 7 nitrogen and oxygen atoms in total. The van der Waals surface area contributed by atoms with Crippen molar-refractivity contribution < 1.29 is 14.3 Å². The summed E-state index contributed by atoms with van der Waals surface area (Å²) in [5.74, 6) is 0.848. The number of rotatable bonds is 5. The molecule has 1 atom stereocenters. The third-order valence-electron chi connectivity index (χ3n) is 3.80. The van der Waals surface area contributed by atoms with Gasteiger partial charge in [0.25, 0.3) is 0 Å². The van der Waals surface area contributed by atoms with Gasteiger partial charge in [-0.1, -0.05) is 19.8 Å². The molecule has 1 unspecified atom stereocenters. The fraction of sp³-hybridized carbons (Fsp3) is 0.733. The van der Waals surface area contributed by atoms with Crippen molar-refractivity contribution in [2.45, 2.75) is 58.5 Å². The number of aromatic nitrogens is 3. The second-order valence-electron chi connectivity index (χ2n) is 5.61. The molecule has 1 aromatic heterocycles. The molecule has 1 N–H and O–H groups in total. The molecule has 1 amide bonds. The molecule has 2 heterocycles. The molecule has 0 bridgehead atoms. The number of hydrogen-bond acceptors (Lipinski definition) is 5. The normalized spacial score (nSPS) is 17.7. The lowest BCUT2D eigenvalue weighted by atomic mass is 10.1. The summed E-state index contributed by atoms with van der Waals surface area (Å²) >= 11 is 0. The van der Waals surface area contributed by atoms with E-state index in [-0.39, 0.29) is 12.5 Å². The van der Waals surface area contributed by atoms with Crippen LogP contribution in [0.3, 0.4) is 0 Å². The van der Waals surface area contributed by atoms with Crippen LogP contribution in [0.25, 0.3) is 0 Å². The molecular weight excluding hydrogens is 284 g/mol. The van der Waals surface area contributed by atoms with Crippen molar-refractivity contribution in [2.24, 2.45) is 0 Å². The second-order valence-corrected chi connectivity index (χ2v) is 5.61. The highest BCUT2D eigenvalue weighted by Gasteiger charge is 2.22. The van der Waals surface area contributed by atoms with E-state index in [1.54, 1.807) is 11.8 Å². The fourth-order valence-electron chi connectivity index (χ4n) is 2.48. The minimum Gasteiger partial charge on any atom is -0.453 e. The standard InChI is InChI=1S/C15H24N4O3/c1-3-12-16-15(18-17-12)11(2)22-14(21)10-19-9-7-5-4-6-8-13(19)20/h11H,3-10H2,1-2H3,(H,16,17,18). The summed E-state index contributed by atoms with van der Waals surface area (Å²) in [5, 5.41) is 6.83. The number of aromatic amines is 1. The second kappa shape index (κ2) is 7.91. The zero-order valence-corrected chi connectivity index (χ0v) is 13.3. The van der Waals surface area contributed by atoms with Gasteiger partial charge >= 0.3 is 5.97 Å². The topological polar surface area (TPSA) is 88.2 Å². The molecular formula is C15H24N4O3. The predicted octanol–water partition coefficient (Wildman–Crippen LogP) is 1.76. The number of carbonyl (C=O) groups is 2. The summed E-state index contributed by atoms with van der Waals surface area (Å²) in [6.45, 7) is 4.33. The Kier molecular flexibility index (Phi) is 5.91. The van der Waals surface area contributed by atoms with E-state index in [9.17, 15) is 9.59 Å². The Bertz CT molecular complexity index is 515. The molecule has 0 aliphatic carbocycles. The summed E-state index contributed by atoms with van der Waals surface area (Å²) in [7, 11) is 0. The largest absolute Gasteiger partial charge is 0.453 e. The van der Waals surface area contributed by atoms with Gasteiger partial charge in [0.1, 0.15) is 12.4 Å². The van der Waals surface area contributed by atoms with Crippen molar-refractivity contribution >= 4 is 11.9 Å². The number of hydrogen-bond donors (Lipinski definition) is 1. The summed E-state index contributed by atoms with van der Waals surface area (Å²) < 4.78 is 5.34. The Morgan fingerprint density at radius 1 is 1.36 bits per heavy atom. The number of nitrogens with zero attached hydrogens (tertiary/aromatic N) is 3. The molecule has 1 aromatic rings. The van der Waals surface area contributed by atoms with Gasteiger partial charge in [-0.2, -0.15) is 5.10 Å². The van der Waals surface area contributed by atoms with Gasteiger partial charge in [-0.15, -0.1) is 0 Å². The van der Waals surface area contributed by atoms with Crippen molar-refractivity contribution in [1.29, 1.82) is 0 Å². The number of likely N-dealkylation sites (tertiary alicyclic amines) is 1. The van der Waals surface area contributed by atoms with Gasteiger partial charge in [-0.05, 0) is 19.8 Å². The fourth-order valence-corrected chi connectivity index (χ4v) is 2.48. The third-order valence-corrected chi connectivity index (χ3v) is 3.80. The van der Waals surface area contributed by atoms with Crippen LogP contribution >= 0.6 is 0 Å². The van der Waals surface area contributed by atoms with Crippen LogP contribution in [-0.2, 0) is 20.7 Å². The van der Waals surface area contributed by atoms with Crippen LogP contribution in [0.15, 0.2) is 0 Å². The van der Waals surface area contributed by atoms with E-state index < -0.39 is 12.1 Å². The van der Waals surface area contributed by atoms with E-state index in [0.29, 0.717) is 18.8 Å². The number of aryl methyl sites for hydroxylation is 1. The predicted molar refractivity (Wildman–Crippen MR) is 79.9 cm³/mol. The summed E-state index contributed by atoms with van der Waals surface area (Å²) in [4.78, 5) is 29.9. The quantitative estimate of drug-likeness (QED) is 0.837. The lowest BCUT2D eigenvalue weighted by Crippen LogP contribution is -2.38. The Morgan fingerprint density at radius 2 is 2.14 bits per heavy atom. The maximum absolute atomic E-state index is 12.0. The zero-order chi connectivity index (χ0) is 15.9. The van der Waals surface area contributed by atoms with E-state index in [4.69, 9.17) is 4.74 Å². The van der Waals surface area contributed by atoms with E-state index >= 15 is 0 Å². The van der Waals surface area contributed by atoms with Gasteiger partial charge in [0.05, 0.1) is 0 Å². The molecule has 1 aliphatic rings. The van der Waals surface area contributed by atoms with E-state index in [0.717, 1.165) is 37.9 Å². The van der Waals surface area contributed by atoms with Crippen molar-refractivity contribution in [3.8, 4) is 0 Å². The molecule has 0 saturated carbocycles. The lowest BCUT2D eigenvalue weighted by molar-refractivity contribution is -0.154. The van der Waals surface area contributed by atoms with Gasteiger partial charge in [0, 0.05) is 19.4 Å². The average Bonchev–Trinajstić information content (AvgIpc) is 2.96. The van der Waals surface area contributed by atoms with Crippen molar-refractivity contribution in [3.05, 3.63) is 11.6 Å². The van der Waals surface area contributed by atoms with Gasteiger partial charge in [-0.25, -0.2) is 4.98 Å². The number of esters is 1. The summed E-state index contributed by atoms with van der Waals surface area (Å²) in [5.41, 5.74) is 0. The van der Waals surface area contributed by atoms with E-state index in [2.05, 4.69) is 15.2 Å². The molecule has 1 saturated heterocycles. The number of carbonyl (C=O) groups excluding carboxylic acids is 2. The maximum atomic E-state index is 12.0. The Labute approximate surface area is 130 Å². The maximum Gasteiger partial charge on any atom is 0.326 e. The van der Waals surface area contributed by atoms with Crippen LogP contribution in [0, 0.1) is 0 Å². The molecule has 7 heteroatoms. The first kappa shape index (κ1) is 16.5. The SMILES string of the molecule is CCc1nc(C(C)OC(=O)CN2CCCCCCC2=O)n[nH]1. The lowest BCUT2D eigenvalue weighted by Gasteiger charge is -2.24. The first-order valence-electron chi connectivity index (χ1n) is 7.98. The molecule has 0 radical (unpaired) electrons. The minimum atomic E-state index is -0.520. The number of H-pyrrole nitrogens is 1. The molecule has 2 rings (SSSR count). The van der Waals surface area contributed by atoms with Crippen molar-refractivity contribution in [3.63, 3.8) is 0 Å². The van der Waals surface area contributed by atoms with Crippen LogP contribution < -0.4 is 0 Å². The highest BCUT2D eigenvalue weighted by molar-refractivity contribution is 5.82. The molecule has 1 aliphatic heterocycles. The van der Waals surface area contributed by atoms with Crippen molar-refractivity contribution in [1.82, 2.24) is 20.1 Å². The smallest absolute Gasteiger partial charge is 0.326 e. The molecule has 122 valence electrons. The van der Waals surface area contributed by atoms with Crippen LogP contribution in [0.2, 0.25) is 0 Å². The van der Waals surface area contributed by atoms with Gasteiger partial charge in [0.15, 0.2) is 11.9 Å². The summed E-state index contributed by atoms with van der Waals surface area (Å²) in [6, 6.07) is 0. The number of amides is 1. The van der Waals surface area contributed by atoms with Crippen LogP contribution in [0.4, 0.5) is 0 Å². The van der Waals surface area contributed by atoms with Crippen LogP contribution in [0.1, 0.15) is 63.7 Å². The first-order valence-corrected chi connectivity index (χ1v) is 7.98. The zero-order valence-electron chi connectivity index (χ0n) is 13.3. The molecule has 22 heavy (non-hydrogen) atoms. The van der Waals surface area contributed by atoms with Crippen LogP contribution in [0.5, 0.6) is 0 Å². The van der Waals surface area contributed by atoms with Crippen LogP contribution in [-0.4, -0.2) is 45.0 Å². The molecule has 0 aromatic carbocycles. The molecule has 1 fully saturated rings. The number of ether oxygens (including phenoxy) is 1. The first-order chi connectivity index (χ1) is 10.6. The highest BCUT2D eigenvalue weighted by Crippen LogP contribution is 2.15. The number of nitrogens with one attached hydrogen (secondary N) is 1. The van der Waals surface area contributed by atoms with E-state index in [1.807, 2.05) is 6.92 Å². The molecule has 0 spiro atoms. The van der Waals surface area contributed by atoms with Gasteiger partial charge < -0.3 is 9.64 Å². The monoisotopic (exact) mass is 308 g/mol. The minimum absolute atomic E-state index is 0.00817. The summed E-state index contributed by atoms with van der Waals surface area (Å²) in [6.07, 6.45) is 4.78. The van der Waals surface area contributed by atoms with E-state index in [1.165, 1.54) is 0 Å². The van der Waals surface area contributed by atoms with Crippen molar-refractivity contribution in [2.75, 3.05) is 13.1 Å². The van der Waals surface area contributed by atoms with Gasteiger partial charge in [0.2, 0.25) is 5.91 Å². The highest BCUT2D eigenvalue weighted by atomic mass is 16.5. The third kappa shape index (κ3) is 4.54. The Hall–Kier alpha value is -1.92. The van der Waals surface area contributed by atoms with Gasteiger partial charge in [-0.3, -0.25) is 14.7 Å². The Morgan fingerprint density at radius 3 is 2.86 bits per heavy atom. The average molecular weight is 308 g/mol. The Balaban J connectivity index is 1.86.